The summed E-state index contributed by atoms with van der Waals surface area (Å²) in [6, 6.07) is 17.7. The average molecular weight is 407 g/mol. The number of para-hydroxylation sites is 2. The standard InChI is InChI=1S/C20H26N2S.BrH/c1-3-5-15-21(16-6-4-2)22-17-11-7-9-13-19(17)23-20-14-10-8-12-18(20)22;/h7-14H,3-6,15-16H2,1-2H3;1H. The van der Waals surface area contributed by atoms with Gasteiger partial charge in [-0.25, -0.2) is 5.01 Å². The molecule has 0 aliphatic carbocycles. The lowest BCUT2D eigenvalue weighted by Crippen LogP contribution is -3.00. The lowest BCUT2D eigenvalue weighted by atomic mass is 10.2. The largest absolute Gasteiger partial charge is 1.00 e. The number of nitrogens with zero attached hydrogens (tertiary/aromatic N) is 2. The summed E-state index contributed by atoms with van der Waals surface area (Å²) >= 11 is 1.32. The second kappa shape index (κ2) is 9.50. The molecule has 0 N–H and O–H groups in total. The highest BCUT2D eigenvalue weighted by molar-refractivity contribution is 7.79. The molecule has 0 spiro atoms. The fraction of sp³-hybridized carbons (Fsp3) is 0.400. The van der Waals surface area contributed by atoms with E-state index in [1.807, 2.05) is 0 Å². The van der Waals surface area contributed by atoms with Crippen LogP contribution in [0.1, 0.15) is 39.5 Å². The minimum Gasteiger partial charge on any atom is -1.00 e. The number of fused-ring (bicyclic) bond motifs is 2. The normalized spacial score (nSPS) is 12.5. The lowest BCUT2D eigenvalue weighted by molar-refractivity contribution is -0.00000471. The van der Waals surface area contributed by atoms with Gasteiger partial charge in [-0.2, -0.15) is 0 Å². The third-order valence-corrected chi connectivity index (χ3v) is 5.52. The van der Waals surface area contributed by atoms with Crippen LogP contribution in [-0.2, 0) is 11.8 Å². The van der Waals surface area contributed by atoms with Gasteiger partial charge in [0.15, 0.2) is 9.79 Å². The molecule has 130 valence electrons. The van der Waals surface area contributed by atoms with Crippen molar-refractivity contribution in [2.24, 2.45) is 0 Å². The number of benzene rings is 2. The number of thiol groups is 1. The van der Waals surface area contributed by atoms with E-state index in [2.05, 4.69) is 72.4 Å². The molecule has 2 nitrogen and oxygen atoms in total. The first-order chi connectivity index (χ1) is 11.3. The molecule has 0 bridgehead atoms. The van der Waals surface area contributed by atoms with Gasteiger partial charge in [0.25, 0.3) is 0 Å². The number of hydrogen-bond donors (Lipinski definition) is 0. The average Bonchev–Trinajstić information content (AvgIpc) is 2.60. The van der Waals surface area contributed by atoms with Gasteiger partial charge in [-0.15, -0.1) is 0 Å². The maximum atomic E-state index is 2.55. The molecule has 2 aromatic rings. The van der Waals surface area contributed by atoms with Crippen molar-refractivity contribution in [1.29, 1.82) is 0 Å². The van der Waals surface area contributed by atoms with Gasteiger partial charge < -0.3 is 17.0 Å². The van der Waals surface area contributed by atoms with Crippen LogP contribution in [0, 0.1) is 0 Å². The van der Waals surface area contributed by atoms with E-state index in [0.717, 1.165) is 13.1 Å². The molecular formula is C20H27BrN2S. The topological polar surface area (TPSA) is 6.48 Å². The summed E-state index contributed by atoms with van der Waals surface area (Å²) < 4.78 is 0. The fourth-order valence-corrected chi connectivity index (χ4v) is 4.18. The van der Waals surface area contributed by atoms with Gasteiger partial charge in [0, 0.05) is 13.1 Å². The molecular weight excluding hydrogens is 380 g/mol. The van der Waals surface area contributed by atoms with Crippen LogP contribution in [0.2, 0.25) is 0 Å². The van der Waals surface area contributed by atoms with Gasteiger partial charge in [0.2, 0.25) is 0 Å². The van der Waals surface area contributed by atoms with E-state index >= 15 is 0 Å². The van der Waals surface area contributed by atoms with Crippen molar-refractivity contribution in [3.8, 4) is 0 Å². The molecule has 0 saturated carbocycles. The molecule has 24 heavy (non-hydrogen) atoms. The zero-order valence-corrected chi connectivity index (χ0v) is 17.1. The lowest BCUT2D eigenvalue weighted by Gasteiger charge is -2.38. The highest BCUT2D eigenvalue weighted by atomic mass is 79.9. The maximum Gasteiger partial charge on any atom is 0.183 e. The second-order valence-corrected chi connectivity index (χ2v) is 7.25. The number of rotatable bonds is 7. The van der Waals surface area contributed by atoms with Crippen LogP contribution >= 0.6 is 0 Å². The first-order valence-electron chi connectivity index (χ1n) is 8.80. The predicted octanol–water partition coefficient (Wildman–Crippen LogP) is 2.19. The Kier molecular flexibility index (Phi) is 7.66. The fourth-order valence-electron chi connectivity index (χ4n) is 3.03. The van der Waals surface area contributed by atoms with Crippen molar-refractivity contribution in [2.45, 2.75) is 49.3 Å². The molecule has 2 aromatic carbocycles. The maximum absolute atomic E-state index is 2.55. The second-order valence-electron chi connectivity index (χ2n) is 6.06. The summed E-state index contributed by atoms with van der Waals surface area (Å²) in [5, 5.41) is 5.03. The van der Waals surface area contributed by atoms with Gasteiger partial charge in [0.1, 0.15) is 11.4 Å². The van der Waals surface area contributed by atoms with Crippen molar-refractivity contribution in [3.63, 3.8) is 0 Å². The number of hydrogen-bond acceptors (Lipinski definition) is 2. The minimum absolute atomic E-state index is 0. The Bertz CT molecular complexity index is 594. The first-order valence-corrected chi connectivity index (χ1v) is 9.69. The summed E-state index contributed by atoms with van der Waals surface area (Å²) in [7, 11) is 0. The molecule has 3 rings (SSSR count). The van der Waals surface area contributed by atoms with Crippen LogP contribution in [0.3, 0.4) is 0 Å². The molecule has 0 fully saturated rings. The monoisotopic (exact) mass is 406 g/mol. The van der Waals surface area contributed by atoms with E-state index in [4.69, 9.17) is 0 Å². The van der Waals surface area contributed by atoms with Crippen molar-refractivity contribution >= 4 is 23.1 Å². The number of unbranched alkanes of at least 4 members (excludes halogenated alkanes) is 2. The van der Waals surface area contributed by atoms with Crippen molar-refractivity contribution < 1.29 is 17.0 Å². The van der Waals surface area contributed by atoms with Crippen LogP contribution in [0.25, 0.3) is 0 Å². The third-order valence-electron chi connectivity index (χ3n) is 4.28. The van der Waals surface area contributed by atoms with E-state index in [9.17, 15) is 0 Å². The summed E-state index contributed by atoms with van der Waals surface area (Å²) in [6.45, 7) is 6.79. The van der Waals surface area contributed by atoms with E-state index in [1.165, 1.54) is 58.6 Å². The molecule has 1 heterocycles. The van der Waals surface area contributed by atoms with Gasteiger partial charge in [-0.3, -0.25) is 5.01 Å². The van der Waals surface area contributed by atoms with Crippen molar-refractivity contribution in [2.75, 3.05) is 18.1 Å². The Morgan fingerprint density at radius 2 is 1.25 bits per heavy atom. The van der Waals surface area contributed by atoms with Gasteiger partial charge >= 0.3 is 0 Å². The Balaban J connectivity index is 0.00000208. The van der Waals surface area contributed by atoms with E-state index in [1.54, 1.807) is 0 Å². The Hall–Kier alpha value is -0.970. The Morgan fingerprint density at radius 1 is 0.792 bits per heavy atom. The van der Waals surface area contributed by atoms with Crippen molar-refractivity contribution in [1.82, 2.24) is 5.01 Å². The van der Waals surface area contributed by atoms with Crippen LogP contribution in [-0.4, -0.2) is 18.1 Å². The molecule has 4 heteroatoms. The molecule has 1 aliphatic rings. The van der Waals surface area contributed by atoms with E-state index in [-0.39, 0.29) is 17.0 Å². The van der Waals surface area contributed by atoms with Crippen LogP contribution in [0.4, 0.5) is 11.4 Å². The van der Waals surface area contributed by atoms with Crippen molar-refractivity contribution in [3.05, 3.63) is 48.5 Å². The van der Waals surface area contributed by atoms with E-state index < -0.39 is 0 Å². The SMILES string of the molecule is CCCCN(CCCC)N1c2ccccc2[SH+]c2ccccc21.[Br-]. The third kappa shape index (κ3) is 4.16. The number of anilines is 2. The molecule has 0 unspecified atom stereocenters. The summed E-state index contributed by atoms with van der Waals surface area (Å²) in [5.41, 5.74) is 2.69. The Labute approximate surface area is 161 Å². The van der Waals surface area contributed by atoms with Gasteiger partial charge in [-0.1, -0.05) is 51.0 Å². The van der Waals surface area contributed by atoms with Gasteiger partial charge in [-0.05, 0) is 37.1 Å². The van der Waals surface area contributed by atoms with Gasteiger partial charge in [0.05, 0.1) is 11.8 Å². The summed E-state index contributed by atoms with van der Waals surface area (Å²) in [6.07, 6.45) is 4.94. The number of halogens is 1. The summed E-state index contributed by atoms with van der Waals surface area (Å²) in [4.78, 5) is 2.81. The molecule has 0 atom stereocenters. The highest BCUT2D eigenvalue weighted by Gasteiger charge is 2.32. The van der Waals surface area contributed by atoms with E-state index in [0.29, 0.717) is 0 Å². The molecule has 1 aliphatic heterocycles. The quantitative estimate of drug-likeness (QED) is 0.513. The zero-order valence-electron chi connectivity index (χ0n) is 14.6. The molecule has 0 amide bonds. The Morgan fingerprint density at radius 3 is 1.71 bits per heavy atom. The minimum atomic E-state index is 0. The summed E-state index contributed by atoms with van der Waals surface area (Å²) in [5.74, 6) is 0. The molecule has 0 aromatic heterocycles. The molecule has 0 radical (unpaired) electrons. The highest BCUT2D eigenvalue weighted by Crippen LogP contribution is 2.41. The predicted molar refractivity (Wildman–Crippen MR) is 102 cm³/mol. The first kappa shape index (κ1) is 19.4. The zero-order chi connectivity index (χ0) is 16.1. The number of hydrazine groups is 1. The van der Waals surface area contributed by atoms with Crippen LogP contribution in [0.15, 0.2) is 58.3 Å². The molecule has 0 saturated heterocycles. The van der Waals surface area contributed by atoms with Crippen LogP contribution in [0.5, 0.6) is 0 Å². The van der Waals surface area contributed by atoms with Crippen LogP contribution < -0.4 is 22.0 Å². The smallest absolute Gasteiger partial charge is 0.183 e.